The van der Waals surface area contributed by atoms with Crippen LogP contribution in [0, 0.1) is 0 Å². The van der Waals surface area contributed by atoms with Gasteiger partial charge in [-0.15, -0.1) is 0 Å². The minimum absolute atomic E-state index is 0.0194. The molecule has 0 radical (unpaired) electrons. The third-order valence-corrected chi connectivity index (χ3v) is 5.13. The molecule has 0 spiro atoms. The molecule has 2 amide bonds. The Kier molecular flexibility index (Phi) is 5.89. The van der Waals surface area contributed by atoms with Gasteiger partial charge in [0.25, 0.3) is 0 Å². The predicted octanol–water partition coefficient (Wildman–Crippen LogP) is 0.634. The van der Waals surface area contributed by atoms with E-state index in [0.29, 0.717) is 0 Å². The number of likely N-dealkylation sites (N-methyl/N-ethyl adjacent to an activating group) is 1. The molecule has 2 aromatic carbocycles. The molecular weight excluding hydrogens is 326 g/mol. The van der Waals surface area contributed by atoms with Gasteiger partial charge in [-0.05, 0) is 23.3 Å². The first-order chi connectivity index (χ1) is 12.5. The second kappa shape index (κ2) is 8.32. The number of fused-ring (bicyclic) bond motifs is 1. The highest BCUT2D eigenvalue weighted by molar-refractivity contribution is 5.92. The van der Waals surface area contributed by atoms with E-state index in [4.69, 9.17) is 0 Å². The Hall–Kier alpha value is -2.40. The van der Waals surface area contributed by atoms with E-state index in [0.717, 1.165) is 48.9 Å². The van der Waals surface area contributed by atoms with Gasteiger partial charge in [-0.3, -0.25) is 9.59 Å². The van der Waals surface area contributed by atoms with Crippen LogP contribution in [-0.4, -0.2) is 56.0 Å². The van der Waals surface area contributed by atoms with Crippen LogP contribution in [0.4, 0.5) is 0 Å². The quantitative estimate of drug-likeness (QED) is 0.846. The van der Waals surface area contributed by atoms with Crippen molar-refractivity contribution in [3.63, 3.8) is 0 Å². The van der Waals surface area contributed by atoms with Crippen LogP contribution in [-0.2, 0) is 16.0 Å². The van der Waals surface area contributed by atoms with Crippen LogP contribution in [0.5, 0.6) is 0 Å². The molecule has 1 aliphatic heterocycles. The van der Waals surface area contributed by atoms with Gasteiger partial charge in [-0.1, -0.05) is 42.5 Å². The highest BCUT2D eigenvalue weighted by atomic mass is 16.2. The fourth-order valence-corrected chi connectivity index (χ4v) is 3.60. The first-order valence-corrected chi connectivity index (χ1v) is 9.40. The number of quaternary nitrogens is 1. The van der Waals surface area contributed by atoms with Gasteiger partial charge in [0.05, 0.1) is 33.1 Å². The summed E-state index contributed by atoms with van der Waals surface area (Å²) in [5, 5.41) is 5.09. The zero-order valence-corrected chi connectivity index (χ0v) is 15.6. The molecule has 2 aromatic rings. The van der Waals surface area contributed by atoms with Crippen molar-refractivity contribution in [3.8, 4) is 0 Å². The van der Waals surface area contributed by atoms with Gasteiger partial charge in [0.2, 0.25) is 11.8 Å². The smallest absolute Gasteiger partial charge is 0.245 e. The molecule has 3 rings (SSSR count). The summed E-state index contributed by atoms with van der Waals surface area (Å²) in [6, 6.07) is 13.5. The minimum Gasteiger partial charge on any atom is -0.344 e. The van der Waals surface area contributed by atoms with Gasteiger partial charge in [-0.2, -0.15) is 0 Å². The summed E-state index contributed by atoms with van der Waals surface area (Å²) >= 11 is 0. The SMILES string of the molecule is C[C@@H](NC(=O)Cc1cccc2ccccc12)C(=O)N1CCC[NH+](C)CC1. The lowest BCUT2D eigenvalue weighted by Gasteiger charge is -2.24. The lowest BCUT2D eigenvalue weighted by atomic mass is 10.0. The van der Waals surface area contributed by atoms with Crippen molar-refractivity contribution < 1.29 is 14.5 Å². The van der Waals surface area contributed by atoms with Crippen molar-refractivity contribution in [1.29, 1.82) is 0 Å². The zero-order valence-electron chi connectivity index (χ0n) is 15.6. The van der Waals surface area contributed by atoms with Gasteiger partial charge >= 0.3 is 0 Å². The zero-order chi connectivity index (χ0) is 18.5. The van der Waals surface area contributed by atoms with E-state index in [9.17, 15) is 9.59 Å². The van der Waals surface area contributed by atoms with Crippen molar-refractivity contribution in [2.75, 3.05) is 33.2 Å². The van der Waals surface area contributed by atoms with Crippen molar-refractivity contribution in [2.24, 2.45) is 0 Å². The van der Waals surface area contributed by atoms with Crippen LogP contribution < -0.4 is 10.2 Å². The molecule has 1 heterocycles. The second-order valence-corrected chi connectivity index (χ2v) is 7.24. The molecule has 5 nitrogen and oxygen atoms in total. The molecule has 1 saturated heterocycles. The maximum absolute atomic E-state index is 12.7. The molecule has 1 unspecified atom stereocenters. The molecule has 0 saturated carbocycles. The average Bonchev–Trinajstić information content (AvgIpc) is 2.86. The normalized spacial score (nSPS) is 19.0. The third kappa shape index (κ3) is 4.41. The van der Waals surface area contributed by atoms with E-state index >= 15 is 0 Å². The third-order valence-electron chi connectivity index (χ3n) is 5.13. The molecular formula is C21H28N3O2+. The summed E-state index contributed by atoms with van der Waals surface area (Å²) in [6.45, 7) is 5.37. The van der Waals surface area contributed by atoms with E-state index in [2.05, 4.69) is 12.4 Å². The number of carbonyl (C=O) groups is 2. The van der Waals surface area contributed by atoms with Gasteiger partial charge in [0.15, 0.2) is 0 Å². The van der Waals surface area contributed by atoms with Crippen molar-refractivity contribution in [1.82, 2.24) is 10.2 Å². The first kappa shape index (κ1) is 18.4. The predicted molar refractivity (Wildman–Crippen MR) is 103 cm³/mol. The highest BCUT2D eigenvalue weighted by Crippen LogP contribution is 2.18. The van der Waals surface area contributed by atoms with Crippen LogP contribution in [0.3, 0.4) is 0 Å². The number of benzene rings is 2. The lowest BCUT2D eigenvalue weighted by Crippen LogP contribution is -3.09. The Labute approximate surface area is 155 Å². The first-order valence-electron chi connectivity index (χ1n) is 9.40. The van der Waals surface area contributed by atoms with Crippen LogP contribution in [0.1, 0.15) is 18.9 Å². The summed E-state index contributed by atoms with van der Waals surface area (Å²) in [6.07, 6.45) is 1.29. The number of nitrogens with one attached hydrogen (secondary N) is 2. The summed E-state index contributed by atoms with van der Waals surface area (Å²) < 4.78 is 0. The van der Waals surface area contributed by atoms with Gasteiger partial charge in [-0.25, -0.2) is 0 Å². The molecule has 0 aromatic heterocycles. The van der Waals surface area contributed by atoms with Crippen molar-refractivity contribution in [3.05, 3.63) is 48.0 Å². The molecule has 1 aliphatic rings. The second-order valence-electron chi connectivity index (χ2n) is 7.24. The Bertz CT molecular complexity index is 784. The Morgan fingerprint density at radius 2 is 1.88 bits per heavy atom. The van der Waals surface area contributed by atoms with Crippen molar-refractivity contribution >= 4 is 22.6 Å². The van der Waals surface area contributed by atoms with Crippen molar-refractivity contribution in [2.45, 2.75) is 25.8 Å². The summed E-state index contributed by atoms with van der Waals surface area (Å²) in [7, 11) is 2.16. The van der Waals surface area contributed by atoms with Crippen LogP contribution in [0.15, 0.2) is 42.5 Å². The van der Waals surface area contributed by atoms with E-state index in [1.165, 1.54) is 4.90 Å². The average molecular weight is 354 g/mol. The minimum atomic E-state index is -0.490. The van der Waals surface area contributed by atoms with Crippen LogP contribution in [0.25, 0.3) is 10.8 Å². The number of nitrogens with zero attached hydrogens (tertiary/aromatic N) is 1. The van der Waals surface area contributed by atoms with Crippen LogP contribution >= 0.6 is 0 Å². The van der Waals surface area contributed by atoms with E-state index < -0.39 is 6.04 Å². The maximum Gasteiger partial charge on any atom is 0.245 e. The Balaban J connectivity index is 1.61. The summed E-state index contributed by atoms with van der Waals surface area (Å²) in [4.78, 5) is 28.5. The standard InChI is InChI=1S/C21H27N3O2/c1-16(21(26)24-12-6-11-23(2)13-14-24)22-20(25)15-18-9-5-8-17-7-3-4-10-19(17)18/h3-5,7-10,16H,6,11-15H2,1-2H3,(H,22,25)/p+1/t16-/m1/s1. The summed E-state index contributed by atoms with van der Waals surface area (Å²) in [5.74, 6) is -0.0919. The molecule has 1 fully saturated rings. The lowest BCUT2D eigenvalue weighted by molar-refractivity contribution is -0.877. The van der Waals surface area contributed by atoms with E-state index in [1.807, 2.05) is 47.4 Å². The Morgan fingerprint density at radius 1 is 1.12 bits per heavy atom. The molecule has 0 bridgehead atoms. The number of rotatable bonds is 4. The van der Waals surface area contributed by atoms with Gasteiger partial charge in [0, 0.05) is 13.0 Å². The number of hydrogen-bond donors (Lipinski definition) is 2. The molecule has 138 valence electrons. The van der Waals surface area contributed by atoms with E-state index in [1.54, 1.807) is 6.92 Å². The molecule has 0 aliphatic carbocycles. The molecule has 5 heteroatoms. The fourth-order valence-electron chi connectivity index (χ4n) is 3.60. The highest BCUT2D eigenvalue weighted by Gasteiger charge is 2.24. The molecule has 2 atom stereocenters. The molecule has 26 heavy (non-hydrogen) atoms. The maximum atomic E-state index is 12.7. The van der Waals surface area contributed by atoms with Gasteiger partial charge < -0.3 is 15.1 Å². The number of hydrogen-bond acceptors (Lipinski definition) is 2. The van der Waals surface area contributed by atoms with Crippen LogP contribution in [0.2, 0.25) is 0 Å². The topological polar surface area (TPSA) is 53.9 Å². The fraction of sp³-hybridized carbons (Fsp3) is 0.429. The monoisotopic (exact) mass is 354 g/mol. The largest absolute Gasteiger partial charge is 0.344 e. The summed E-state index contributed by atoms with van der Waals surface area (Å²) in [5.41, 5.74) is 0.986. The van der Waals surface area contributed by atoms with E-state index in [-0.39, 0.29) is 18.2 Å². The van der Waals surface area contributed by atoms with Gasteiger partial charge in [0.1, 0.15) is 6.04 Å². The molecule has 2 N–H and O–H groups in total. The number of amides is 2. The Morgan fingerprint density at radius 3 is 2.73 bits per heavy atom. The number of carbonyl (C=O) groups excluding carboxylic acids is 2.